The van der Waals surface area contributed by atoms with E-state index in [2.05, 4.69) is 17.0 Å². The van der Waals surface area contributed by atoms with Gasteiger partial charge in [0.05, 0.1) is 12.1 Å². The van der Waals surface area contributed by atoms with E-state index in [1.54, 1.807) is 12.1 Å². The number of rotatable bonds is 8. The number of para-hydroxylation sites is 2. The van der Waals surface area contributed by atoms with Crippen molar-refractivity contribution in [1.82, 2.24) is 0 Å². The topological polar surface area (TPSA) is 38.3 Å². The molecule has 0 bridgehead atoms. The van der Waals surface area contributed by atoms with Crippen LogP contribution in [-0.2, 0) is 17.6 Å². The first-order valence-electron chi connectivity index (χ1n) is 8.00. The molecule has 0 atom stereocenters. The zero-order valence-electron chi connectivity index (χ0n) is 13.6. The van der Waals surface area contributed by atoms with Gasteiger partial charge >= 0.3 is 6.61 Å². The van der Waals surface area contributed by atoms with Crippen molar-refractivity contribution in [3.63, 3.8) is 0 Å². The Bertz CT molecular complexity index is 657. The van der Waals surface area contributed by atoms with Crippen molar-refractivity contribution < 1.29 is 18.3 Å². The molecule has 128 valence electrons. The third kappa shape index (κ3) is 5.65. The van der Waals surface area contributed by atoms with Crippen LogP contribution in [0.4, 0.5) is 14.5 Å². The molecule has 0 spiro atoms. The second-order valence-corrected chi connectivity index (χ2v) is 5.52. The number of amides is 1. The van der Waals surface area contributed by atoms with Crippen LogP contribution < -0.4 is 10.1 Å². The number of halogens is 2. The second-order valence-electron chi connectivity index (χ2n) is 5.52. The lowest BCUT2D eigenvalue weighted by atomic mass is 10.0. The highest BCUT2D eigenvalue weighted by atomic mass is 19.3. The molecule has 0 radical (unpaired) electrons. The molecule has 3 nitrogen and oxygen atoms in total. The van der Waals surface area contributed by atoms with Gasteiger partial charge in [0.2, 0.25) is 5.91 Å². The van der Waals surface area contributed by atoms with Gasteiger partial charge in [0.25, 0.3) is 0 Å². The highest BCUT2D eigenvalue weighted by Crippen LogP contribution is 2.25. The van der Waals surface area contributed by atoms with Gasteiger partial charge in [-0.15, -0.1) is 0 Å². The van der Waals surface area contributed by atoms with Crippen LogP contribution in [0.25, 0.3) is 0 Å². The van der Waals surface area contributed by atoms with Crippen molar-refractivity contribution >= 4 is 11.6 Å². The predicted octanol–water partition coefficient (Wildman–Crippen LogP) is 4.81. The summed E-state index contributed by atoms with van der Waals surface area (Å²) in [5.41, 5.74) is 2.36. The summed E-state index contributed by atoms with van der Waals surface area (Å²) in [6.45, 7) is -0.785. The van der Waals surface area contributed by atoms with Gasteiger partial charge in [-0.2, -0.15) is 8.78 Å². The summed E-state index contributed by atoms with van der Waals surface area (Å²) in [6, 6.07) is 14.0. The van der Waals surface area contributed by atoms with Crippen LogP contribution >= 0.6 is 0 Å². The van der Waals surface area contributed by atoms with Gasteiger partial charge in [-0.3, -0.25) is 4.79 Å². The Kier molecular flexibility index (Phi) is 6.73. The first kappa shape index (κ1) is 17.9. The minimum atomic E-state index is -2.93. The number of benzene rings is 2. The fourth-order valence-electron chi connectivity index (χ4n) is 2.35. The van der Waals surface area contributed by atoms with E-state index in [9.17, 15) is 13.6 Å². The number of anilines is 1. The first-order valence-corrected chi connectivity index (χ1v) is 8.00. The predicted molar refractivity (Wildman–Crippen MR) is 90.5 cm³/mol. The Morgan fingerprint density at radius 1 is 1.08 bits per heavy atom. The molecule has 5 heteroatoms. The fraction of sp³-hybridized carbons (Fsp3) is 0.316. The summed E-state index contributed by atoms with van der Waals surface area (Å²) in [6.07, 6.45) is 3.49. The summed E-state index contributed by atoms with van der Waals surface area (Å²) in [5.74, 6) is -0.322. The molecule has 0 saturated carbocycles. The molecule has 2 aromatic rings. The second kappa shape index (κ2) is 9.01. The summed E-state index contributed by atoms with van der Waals surface area (Å²) in [7, 11) is 0. The van der Waals surface area contributed by atoms with E-state index in [-0.39, 0.29) is 23.8 Å². The number of nitrogens with one attached hydrogen (secondary N) is 1. The molecule has 0 saturated heterocycles. The van der Waals surface area contributed by atoms with Gasteiger partial charge in [-0.1, -0.05) is 49.7 Å². The number of alkyl halides is 2. The van der Waals surface area contributed by atoms with Crippen molar-refractivity contribution in [3.8, 4) is 5.75 Å². The lowest BCUT2D eigenvalue weighted by molar-refractivity contribution is -0.115. The summed E-state index contributed by atoms with van der Waals surface area (Å²) in [5, 5.41) is 2.62. The number of carbonyl (C=O) groups is 1. The van der Waals surface area contributed by atoms with Gasteiger partial charge in [0, 0.05) is 0 Å². The normalized spacial score (nSPS) is 10.7. The van der Waals surface area contributed by atoms with Crippen LogP contribution in [-0.4, -0.2) is 12.5 Å². The standard InChI is InChI=1S/C19H21F2NO2/c1-2-3-6-14-9-11-15(12-10-14)13-18(23)22-16-7-4-5-8-17(16)24-19(20)21/h4-5,7-12,19H,2-3,6,13H2,1H3,(H,22,23). The van der Waals surface area contributed by atoms with Gasteiger partial charge < -0.3 is 10.1 Å². The van der Waals surface area contributed by atoms with Crippen LogP contribution in [0.3, 0.4) is 0 Å². The van der Waals surface area contributed by atoms with E-state index < -0.39 is 6.61 Å². The molecule has 0 aliphatic rings. The number of hydrogen-bond donors (Lipinski definition) is 1. The van der Waals surface area contributed by atoms with Crippen molar-refractivity contribution in [3.05, 3.63) is 59.7 Å². The first-order chi connectivity index (χ1) is 11.6. The Morgan fingerprint density at radius 3 is 2.42 bits per heavy atom. The smallest absolute Gasteiger partial charge is 0.387 e. The molecule has 24 heavy (non-hydrogen) atoms. The Morgan fingerprint density at radius 2 is 1.75 bits per heavy atom. The van der Waals surface area contributed by atoms with E-state index >= 15 is 0 Å². The Hall–Kier alpha value is -2.43. The molecule has 1 N–H and O–H groups in total. The molecule has 0 aliphatic carbocycles. The third-order valence-corrected chi connectivity index (χ3v) is 3.58. The number of aryl methyl sites for hydroxylation is 1. The highest BCUT2D eigenvalue weighted by Gasteiger charge is 2.11. The molecular weight excluding hydrogens is 312 g/mol. The highest BCUT2D eigenvalue weighted by molar-refractivity contribution is 5.93. The van der Waals surface area contributed by atoms with Crippen LogP contribution in [0, 0.1) is 0 Å². The quantitative estimate of drug-likeness (QED) is 0.753. The number of unbranched alkanes of at least 4 members (excludes halogenated alkanes) is 1. The van der Waals surface area contributed by atoms with E-state index in [4.69, 9.17) is 0 Å². The minimum absolute atomic E-state index is 0.0456. The Balaban J connectivity index is 1.96. The largest absolute Gasteiger partial charge is 0.433 e. The summed E-state index contributed by atoms with van der Waals surface area (Å²) in [4.78, 5) is 12.1. The average molecular weight is 333 g/mol. The van der Waals surface area contributed by atoms with E-state index in [1.807, 2.05) is 24.3 Å². The van der Waals surface area contributed by atoms with Crippen LogP contribution in [0.15, 0.2) is 48.5 Å². The van der Waals surface area contributed by atoms with Crippen LogP contribution in [0.2, 0.25) is 0 Å². The molecule has 0 unspecified atom stereocenters. The summed E-state index contributed by atoms with van der Waals surface area (Å²) >= 11 is 0. The van der Waals surface area contributed by atoms with Crippen molar-refractivity contribution in [2.75, 3.05) is 5.32 Å². The van der Waals surface area contributed by atoms with Gasteiger partial charge in [0.1, 0.15) is 5.75 Å². The number of ether oxygens (including phenoxy) is 1. The Labute approximate surface area is 140 Å². The lowest BCUT2D eigenvalue weighted by Crippen LogP contribution is -2.16. The van der Waals surface area contributed by atoms with Gasteiger partial charge in [0.15, 0.2) is 0 Å². The lowest BCUT2D eigenvalue weighted by Gasteiger charge is -2.11. The summed E-state index contributed by atoms with van der Waals surface area (Å²) < 4.78 is 29.2. The van der Waals surface area contributed by atoms with Crippen molar-refractivity contribution in [1.29, 1.82) is 0 Å². The molecule has 2 rings (SSSR count). The zero-order valence-corrected chi connectivity index (χ0v) is 13.6. The van der Waals surface area contributed by atoms with Crippen molar-refractivity contribution in [2.45, 2.75) is 39.2 Å². The maximum absolute atomic E-state index is 12.4. The fourth-order valence-corrected chi connectivity index (χ4v) is 2.35. The minimum Gasteiger partial charge on any atom is -0.433 e. The number of carbonyl (C=O) groups excluding carboxylic acids is 1. The zero-order chi connectivity index (χ0) is 17.4. The van der Waals surface area contributed by atoms with Crippen LogP contribution in [0.5, 0.6) is 5.75 Å². The van der Waals surface area contributed by atoms with E-state index in [0.29, 0.717) is 0 Å². The monoisotopic (exact) mass is 333 g/mol. The third-order valence-electron chi connectivity index (χ3n) is 3.58. The maximum atomic E-state index is 12.4. The molecule has 0 aromatic heterocycles. The number of hydrogen-bond acceptors (Lipinski definition) is 2. The van der Waals surface area contributed by atoms with Gasteiger partial charge in [-0.25, -0.2) is 0 Å². The molecule has 0 fully saturated rings. The van der Waals surface area contributed by atoms with E-state index in [0.717, 1.165) is 24.8 Å². The SMILES string of the molecule is CCCCc1ccc(CC(=O)Nc2ccccc2OC(F)F)cc1. The van der Waals surface area contributed by atoms with Crippen LogP contribution in [0.1, 0.15) is 30.9 Å². The molecule has 2 aromatic carbocycles. The molecule has 0 heterocycles. The maximum Gasteiger partial charge on any atom is 0.387 e. The van der Waals surface area contributed by atoms with Gasteiger partial charge in [-0.05, 0) is 36.1 Å². The molecule has 1 amide bonds. The average Bonchev–Trinajstić information content (AvgIpc) is 2.55. The van der Waals surface area contributed by atoms with Crippen molar-refractivity contribution in [2.24, 2.45) is 0 Å². The van der Waals surface area contributed by atoms with E-state index in [1.165, 1.54) is 17.7 Å². The molecule has 0 aliphatic heterocycles. The molecular formula is C19H21F2NO2.